The number of alkyl halides is 3. The molecule has 2 atom stereocenters. The minimum Gasteiger partial charge on any atom is -0.392 e. The first kappa shape index (κ1) is 16.3. The summed E-state index contributed by atoms with van der Waals surface area (Å²) in [5.41, 5.74) is -1.50. The standard InChI is InChI=1S/C13H16F3NO3S/c1-12(2)10(7-11(12)18)17-21(19,20)9-5-3-8(4-6-9)13(14,15)16/h3-6,10-11,17-18H,7H2,1-2H3. The second-order valence-corrected chi connectivity index (χ2v) is 7.48. The predicted octanol–water partition coefficient (Wildman–Crippen LogP) is 2.14. The molecule has 2 rings (SSSR count). The van der Waals surface area contributed by atoms with Gasteiger partial charge in [-0.15, -0.1) is 0 Å². The van der Waals surface area contributed by atoms with E-state index < -0.39 is 39.3 Å². The fourth-order valence-corrected chi connectivity index (χ4v) is 3.59. The van der Waals surface area contributed by atoms with Crippen LogP contribution in [0.2, 0.25) is 0 Å². The zero-order valence-corrected chi connectivity index (χ0v) is 12.3. The van der Waals surface area contributed by atoms with E-state index in [1.54, 1.807) is 13.8 Å². The zero-order chi connectivity index (χ0) is 16.1. The largest absolute Gasteiger partial charge is 0.416 e. The normalized spacial score (nSPS) is 25.4. The van der Waals surface area contributed by atoms with E-state index in [2.05, 4.69) is 4.72 Å². The molecular weight excluding hydrogens is 307 g/mol. The molecule has 1 aliphatic rings. The molecule has 1 aromatic rings. The van der Waals surface area contributed by atoms with Gasteiger partial charge in [-0.05, 0) is 30.7 Å². The van der Waals surface area contributed by atoms with Crippen LogP contribution in [-0.2, 0) is 16.2 Å². The Kier molecular flexibility index (Phi) is 3.84. The molecule has 1 saturated carbocycles. The van der Waals surface area contributed by atoms with E-state index in [0.29, 0.717) is 0 Å². The van der Waals surface area contributed by atoms with Crippen LogP contribution in [0.3, 0.4) is 0 Å². The fraction of sp³-hybridized carbons (Fsp3) is 0.538. The van der Waals surface area contributed by atoms with Crippen molar-refractivity contribution >= 4 is 10.0 Å². The molecule has 0 saturated heterocycles. The summed E-state index contributed by atoms with van der Waals surface area (Å²) in [6.45, 7) is 3.45. The molecule has 1 aromatic carbocycles. The molecule has 8 heteroatoms. The molecule has 0 bridgehead atoms. The average Bonchev–Trinajstić information content (AvgIpc) is 2.37. The van der Waals surface area contributed by atoms with Crippen molar-refractivity contribution in [3.8, 4) is 0 Å². The maximum absolute atomic E-state index is 12.4. The van der Waals surface area contributed by atoms with Crippen LogP contribution in [0.1, 0.15) is 25.8 Å². The lowest BCUT2D eigenvalue weighted by molar-refractivity contribution is -0.137. The van der Waals surface area contributed by atoms with Gasteiger partial charge in [0.1, 0.15) is 0 Å². The van der Waals surface area contributed by atoms with Gasteiger partial charge in [0, 0.05) is 11.5 Å². The van der Waals surface area contributed by atoms with Crippen LogP contribution >= 0.6 is 0 Å². The molecule has 0 spiro atoms. The van der Waals surface area contributed by atoms with Gasteiger partial charge in [0.2, 0.25) is 10.0 Å². The Hall–Kier alpha value is -1.12. The maximum Gasteiger partial charge on any atom is 0.416 e. The summed E-state index contributed by atoms with van der Waals surface area (Å²) in [6, 6.07) is 2.87. The molecule has 2 N–H and O–H groups in total. The topological polar surface area (TPSA) is 66.4 Å². The third kappa shape index (κ3) is 3.07. The molecule has 1 aliphatic carbocycles. The van der Waals surface area contributed by atoms with Gasteiger partial charge in [-0.25, -0.2) is 13.1 Å². The summed E-state index contributed by atoms with van der Waals surface area (Å²) in [4.78, 5) is -0.229. The summed E-state index contributed by atoms with van der Waals surface area (Å²) in [6.07, 6.45) is -4.82. The average molecular weight is 323 g/mol. The van der Waals surface area contributed by atoms with E-state index in [0.717, 1.165) is 24.3 Å². The van der Waals surface area contributed by atoms with Crippen LogP contribution in [0, 0.1) is 5.41 Å². The van der Waals surface area contributed by atoms with Crippen LogP contribution in [-0.4, -0.2) is 25.7 Å². The van der Waals surface area contributed by atoms with Gasteiger partial charge in [-0.1, -0.05) is 13.8 Å². The third-order valence-electron chi connectivity index (χ3n) is 4.01. The molecule has 0 amide bonds. The van der Waals surface area contributed by atoms with E-state index >= 15 is 0 Å². The molecule has 2 unspecified atom stereocenters. The summed E-state index contributed by atoms with van der Waals surface area (Å²) in [5.74, 6) is 0. The van der Waals surface area contributed by atoms with Crippen molar-refractivity contribution in [1.29, 1.82) is 0 Å². The Morgan fingerprint density at radius 3 is 2.14 bits per heavy atom. The van der Waals surface area contributed by atoms with Crippen LogP contribution in [0.5, 0.6) is 0 Å². The van der Waals surface area contributed by atoms with E-state index in [9.17, 15) is 26.7 Å². The molecule has 118 valence electrons. The van der Waals surface area contributed by atoms with E-state index in [1.165, 1.54) is 0 Å². The first-order valence-corrected chi connectivity index (χ1v) is 7.80. The van der Waals surface area contributed by atoms with Gasteiger partial charge in [-0.3, -0.25) is 0 Å². The highest BCUT2D eigenvalue weighted by Crippen LogP contribution is 2.41. The lowest BCUT2D eigenvalue weighted by atomic mass is 9.65. The molecule has 1 fully saturated rings. The number of sulfonamides is 1. The Bertz CT molecular complexity index is 623. The molecular formula is C13H16F3NO3S. The Labute approximate surface area is 121 Å². The number of nitrogens with one attached hydrogen (secondary N) is 1. The van der Waals surface area contributed by atoms with Gasteiger partial charge >= 0.3 is 6.18 Å². The lowest BCUT2D eigenvalue weighted by Crippen LogP contribution is -2.61. The fourth-order valence-electron chi connectivity index (χ4n) is 2.18. The summed E-state index contributed by atoms with van der Waals surface area (Å²) in [7, 11) is -3.91. The summed E-state index contributed by atoms with van der Waals surface area (Å²) >= 11 is 0. The smallest absolute Gasteiger partial charge is 0.392 e. The van der Waals surface area contributed by atoms with Crippen LogP contribution in [0.25, 0.3) is 0 Å². The SMILES string of the molecule is CC1(C)C(O)CC1NS(=O)(=O)c1ccc(C(F)(F)F)cc1. The predicted molar refractivity (Wildman–Crippen MR) is 70.0 cm³/mol. The second kappa shape index (κ2) is 4.96. The number of aliphatic hydroxyl groups excluding tert-OH is 1. The van der Waals surface area contributed by atoms with Crippen molar-refractivity contribution in [3.63, 3.8) is 0 Å². The highest BCUT2D eigenvalue weighted by Gasteiger charge is 2.49. The third-order valence-corrected chi connectivity index (χ3v) is 5.49. The first-order valence-electron chi connectivity index (χ1n) is 6.32. The first-order chi connectivity index (χ1) is 9.44. The van der Waals surface area contributed by atoms with Gasteiger partial charge in [-0.2, -0.15) is 13.2 Å². The molecule has 0 radical (unpaired) electrons. The Morgan fingerprint density at radius 2 is 1.76 bits per heavy atom. The molecule has 0 aliphatic heterocycles. The van der Waals surface area contributed by atoms with Crippen molar-refractivity contribution in [2.45, 2.75) is 43.5 Å². The van der Waals surface area contributed by atoms with Gasteiger partial charge in [0.25, 0.3) is 0 Å². The number of halogens is 3. The Balaban J connectivity index is 2.17. The minimum absolute atomic E-state index is 0.229. The van der Waals surface area contributed by atoms with Crippen LogP contribution in [0.4, 0.5) is 13.2 Å². The highest BCUT2D eigenvalue weighted by atomic mass is 32.2. The van der Waals surface area contributed by atoms with Gasteiger partial charge < -0.3 is 5.11 Å². The summed E-state index contributed by atoms with van der Waals surface area (Å²) in [5, 5.41) is 9.58. The van der Waals surface area contributed by atoms with Crippen molar-refractivity contribution in [2.75, 3.05) is 0 Å². The summed E-state index contributed by atoms with van der Waals surface area (Å²) < 4.78 is 64.0. The molecule has 0 heterocycles. The van der Waals surface area contributed by atoms with Gasteiger partial charge in [0.15, 0.2) is 0 Å². The molecule has 4 nitrogen and oxygen atoms in total. The van der Waals surface area contributed by atoms with E-state index in [1.807, 2.05) is 0 Å². The van der Waals surface area contributed by atoms with Crippen molar-refractivity contribution in [2.24, 2.45) is 5.41 Å². The number of rotatable bonds is 3. The number of hydrogen-bond donors (Lipinski definition) is 2. The van der Waals surface area contributed by atoms with E-state index in [-0.39, 0.29) is 11.3 Å². The zero-order valence-electron chi connectivity index (χ0n) is 11.5. The second-order valence-electron chi connectivity index (χ2n) is 5.77. The lowest BCUT2D eigenvalue weighted by Gasteiger charge is -2.49. The van der Waals surface area contributed by atoms with Crippen molar-refractivity contribution < 1.29 is 26.7 Å². The van der Waals surface area contributed by atoms with Gasteiger partial charge in [0.05, 0.1) is 16.6 Å². The number of benzene rings is 1. The quantitative estimate of drug-likeness (QED) is 0.896. The monoisotopic (exact) mass is 323 g/mol. The van der Waals surface area contributed by atoms with Crippen LogP contribution in [0.15, 0.2) is 29.2 Å². The number of hydrogen-bond acceptors (Lipinski definition) is 3. The van der Waals surface area contributed by atoms with Crippen molar-refractivity contribution in [1.82, 2.24) is 4.72 Å². The maximum atomic E-state index is 12.4. The van der Waals surface area contributed by atoms with Crippen molar-refractivity contribution in [3.05, 3.63) is 29.8 Å². The molecule has 21 heavy (non-hydrogen) atoms. The Morgan fingerprint density at radius 1 is 1.24 bits per heavy atom. The highest BCUT2D eigenvalue weighted by molar-refractivity contribution is 7.89. The minimum atomic E-state index is -4.50. The van der Waals surface area contributed by atoms with Crippen LogP contribution < -0.4 is 4.72 Å². The number of aliphatic hydroxyl groups is 1. The van der Waals surface area contributed by atoms with E-state index in [4.69, 9.17) is 0 Å². The molecule has 0 aromatic heterocycles.